The molecule has 0 aromatic heterocycles. The minimum Gasteiger partial charge on any atom is -0.355 e. The molecule has 1 nitrogen and oxygen atoms in total. The molecule has 166 valence electrons. The second-order valence-electron chi connectivity index (χ2n) is 10.0. The van der Waals surface area contributed by atoms with Crippen LogP contribution in [-0.2, 0) is 5.41 Å². The van der Waals surface area contributed by atoms with Gasteiger partial charge < -0.3 is 5.32 Å². The Morgan fingerprint density at radius 3 is 2.24 bits per heavy atom. The van der Waals surface area contributed by atoms with Crippen LogP contribution in [-0.4, -0.2) is 0 Å². The molecule has 1 aliphatic carbocycles. The van der Waals surface area contributed by atoms with E-state index in [9.17, 15) is 0 Å². The number of hydrogen-bond donors (Lipinski definition) is 1. The van der Waals surface area contributed by atoms with Gasteiger partial charge in [-0.25, -0.2) is 0 Å². The van der Waals surface area contributed by atoms with Gasteiger partial charge in [-0.1, -0.05) is 92.7 Å². The first kappa shape index (κ1) is 20.7. The number of anilines is 2. The average Bonchev–Trinajstić information content (AvgIpc) is 3.07. The smallest absolute Gasteiger partial charge is 0.0466 e. The topological polar surface area (TPSA) is 12.0 Å². The Kier molecular flexibility index (Phi) is 4.64. The van der Waals surface area contributed by atoms with E-state index in [1.54, 1.807) is 0 Å². The highest BCUT2D eigenvalue weighted by molar-refractivity contribution is 5.95. The molecule has 0 spiro atoms. The third kappa shape index (κ3) is 3.08. The predicted octanol–water partition coefficient (Wildman–Crippen LogP) is 9.17. The van der Waals surface area contributed by atoms with E-state index in [2.05, 4.69) is 130 Å². The summed E-state index contributed by atoms with van der Waals surface area (Å²) >= 11 is 0. The van der Waals surface area contributed by atoms with E-state index in [-0.39, 0.29) is 5.41 Å². The fourth-order valence-corrected chi connectivity index (χ4v) is 5.76. The van der Waals surface area contributed by atoms with Crippen LogP contribution >= 0.6 is 0 Å². The lowest BCUT2D eigenvalue weighted by molar-refractivity contribution is 0.660. The molecule has 0 atom stereocenters. The molecule has 1 heteroatoms. The molecule has 0 fully saturated rings. The van der Waals surface area contributed by atoms with Crippen molar-refractivity contribution in [2.24, 2.45) is 0 Å². The Hall–Kier alpha value is -3.84. The molecular formula is C33H29N. The van der Waals surface area contributed by atoms with Crippen LogP contribution in [0.3, 0.4) is 0 Å². The van der Waals surface area contributed by atoms with Gasteiger partial charge in [0.15, 0.2) is 0 Å². The van der Waals surface area contributed by atoms with Crippen molar-refractivity contribution in [3.8, 4) is 22.3 Å². The first-order valence-electron chi connectivity index (χ1n) is 12.0. The van der Waals surface area contributed by atoms with E-state index in [0.717, 1.165) is 11.4 Å². The third-order valence-electron chi connectivity index (χ3n) is 7.60. The zero-order valence-electron chi connectivity index (χ0n) is 20.2. The van der Waals surface area contributed by atoms with Crippen LogP contribution in [0.2, 0.25) is 0 Å². The van der Waals surface area contributed by atoms with E-state index >= 15 is 0 Å². The molecule has 34 heavy (non-hydrogen) atoms. The lowest BCUT2D eigenvalue weighted by Gasteiger charge is -2.22. The molecule has 0 aliphatic heterocycles. The summed E-state index contributed by atoms with van der Waals surface area (Å²) in [6, 6.07) is 35.3. The summed E-state index contributed by atoms with van der Waals surface area (Å²) in [5.74, 6) is 0. The fourth-order valence-electron chi connectivity index (χ4n) is 5.76. The van der Waals surface area contributed by atoms with Crippen molar-refractivity contribution < 1.29 is 0 Å². The number of benzene rings is 5. The zero-order chi connectivity index (χ0) is 23.4. The Balaban J connectivity index is 1.45. The normalized spacial score (nSPS) is 13.5. The molecule has 0 saturated heterocycles. The molecule has 0 radical (unpaired) electrons. The molecule has 1 aliphatic rings. The van der Waals surface area contributed by atoms with Crippen LogP contribution in [0, 0.1) is 13.8 Å². The second kappa shape index (κ2) is 7.60. The molecule has 0 heterocycles. The first-order chi connectivity index (χ1) is 16.4. The predicted molar refractivity (Wildman–Crippen MR) is 146 cm³/mol. The monoisotopic (exact) mass is 439 g/mol. The van der Waals surface area contributed by atoms with Gasteiger partial charge >= 0.3 is 0 Å². The second-order valence-corrected chi connectivity index (χ2v) is 10.0. The molecule has 6 rings (SSSR count). The maximum Gasteiger partial charge on any atom is 0.0466 e. The molecule has 5 aromatic carbocycles. The molecular weight excluding hydrogens is 410 g/mol. The zero-order valence-corrected chi connectivity index (χ0v) is 20.2. The van der Waals surface area contributed by atoms with Crippen molar-refractivity contribution in [2.45, 2.75) is 33.1 Å². The SMILES string of the molecule is Cc1cccc(Nc2ccc3c(c2)C(C)(C)c2ccccc2-3)c1-c1ccc2ccccc2c1C. The Morgan fingerprint density at radius 1 is 0.618 bits per heavy atom. The Bertz CT molecular complexity index is 1570. The van der Waals surface area contributed by atoms with Crippen LogP contribution in [0.4, 0.5) is 11.4 Å². The van der Waals surface area contributed by atoms with Crippen molar-refractivity contribution in [1.82, 2.24) is 0 Å². The van der Waals surface area contributed by atoms with E-state index in [1.165, 1.54) is 55.3 Å². The number of hydrogen-bond acceptors (Lipinski definition) is 1. The van der Waals surface area contributed by atoms with Gasteiger partial charge in [-0.2, -0.15) is 0 Å². The van der Waals surface area contributed by atoms with Crippen molar-refractivity contribution in [2.75, 3.05) is 5.32 Å². The number of fused-ring (bicyclic) bond motifs is 4. The van der Waals surface area contributed by atoms with Crippen LogP contribution in [0.25, 0.3) is 33.0 Å². The average molecular weight is 440 g/mol. The summed E-state index contributed by atoms with van der Waals surface area (Å²) in [5.41, 5.74) is 12.9. The number of rotatable bonds is 3. The number of nitrogens with one attached hydrogen (secondary N) is 1. The van der Waals surface area contributed by atoms with Gasteiger partial charge in [0.05, 0.1) is 0 Å². The van der Waals surface area contributed by atoms with E-state index in [4.69, 9.17) is 0 Å². The van der Waals surface area contributed by atoms with E-state index in [1.807, 2.05) is 0 Å². The summed E-state index contributed by atoms with van der Waals surface area (Å²) in [6.07, 6.45) is 0. The van der Waals surface area contributed by atoms with Crippen LogP contribution in [0.15, 0.2) is 97.1 Å². The molecule has 5 aromatic rings. The summed E-state index contributed by atoms with van der Waals surface area (Å²) in [7, 11) is 0. The third-order valence-corrected chi connectivity index (χ3v) is 7.60. The molecule has 1 N–H and O–H groups in total. The van der Waals surface area contributed by atoms with Gasteiger partial charge in [0.1, 0.15) is 0 Å². The van der Waals surface area contributed by atoms with E-state index in [0.29, 0.717) is 0 Å². The van der Waals surface area contributed by atoms with Gasteiger partial charge in [-0.05, 0) is 81.8 Å². The standard InChI is InChI=1S/C33H29N/c1-21-10-9-15-31(32(21)26-18-16-23-11-5-6-12-25(23)22(26)2)34-24-17-19-28-27-13-7-8-14-29(27)33(3,4)30(28)20-24/h5-20,34H,1-4H3. The minimum absolute atomic E-state index is 0.00597. The Labute approximate surface area is 202 Å². The van der Waals surface area contributed by atoms with Gasteiger partial charge in [-0.15, -0.1) is 0 Å². The Morgan fingerprint density at radius 2 is 1.35 bits per heavy atom. The van der Waals surface area contributed by atoms with Gasteiger partial charge in [0.2, 0.25) is 0 Å². The van der Waals surface area contributed by atoms with Gasteiger partial charge in [-0.3, -0.25) is 0 Å². The first-order valence-corrected chi connectivity index (χ1v) is 12.0. The molecule has 0 unspecified atom stereocenters. The fraction of sp³-hybridized carbons (Fsp3) is 0.152. The summed E-state index contributed by atoms with van der Waals surface area (Å²) < 4.78 is 0. The molecule has 0 amide bonds. The lowest BCUT2D eigenvalue weighted by atomic mass is 9.82. The van der Waals surface area contributed by atoms with Crippen molar-refractivity contribution in [3.63, 3.8) is 0 Å². The maximum atomic E-state index is 3.78. The summed E-state index contributed by atoms with van der Waals surface area (Å²) in [5, 5.41) is 6.38. The maximum absolute atomic E-state index is 3.78. The minimum atomic E-state index is -0.00597. The largest absolute Gasteiger partial charge is 0.355 e. The summed E-state index contributed by atoms with van der Waals surface area (Å²) in [4.78, 5) is 0. The highest BCUT2D eigenvalue weighted by atomic mass is 14.9. The van der Waals surface area contributed by atoms with Crippen molar-refractivity contribution in [3.05, 3.63) is 119 Å². The molecule has 0 saturated carbocycles. The van der Waals surface area contributed by atoms with Crippen LogP contribution < -0.4 is 5.32 Å². The highest BCUT2D eigenvalue weighted by Gasteiger charge is 2.35. The highest BCUT2D eigenvalue weighted by Crippen LogP contribution is 2.49. The lowest BCUT2D eigenvalue weighted by Crippen LogP contribution is -2.15. The van der Waals surface area contributed by atoms with E-state index < -0.39 is 0 Å². The van der Waals surface area contributed by atoms with Gasteiger partial charge in [0.25, 0.3) is 0 Å². The number of aryl methyl sites for hydroxylation is 2. The van der Waals surface area contributed by atoms with Gasteiger partial charge in [0, 0.05) is 22.4 Å². The van der Waals surface area contributed by atoms with Crippen LogP contribution in [0.5, 0.6) is 0 Å². The molecule has 0 bridgehead atoms. The quantitative estimate of drug-likeness (QED) is 0.295. The van der Waals surface area contributed by atoms with Crippen molar-refractivity contribution in [1.29, 1.82) is 0 Å². The van der Waals surface area contributed by atoms with Crippen molar-refractivity contribution >= 4 is 22.1 Å². The van der Waals surface area contributed by atoms with Crippen LogP contribution in [0.1, 0.15) is 36.1 Å². The summed E-state index contributed by atoms with van der Waals surface area (Å²) in [6.45, 7) is 9.11.